The highest BCUT2D eigenvalue weighted by molar-refractivity contribution is 7.91. The number of nitrogens with zero attached hydrogens (tertiary/aromatic N) is 6. The number of anilines is 1. The van der Waals surface area contributed by atoms with Crippen LogP contribution in [0.4, 0.5) is 5.82 Å². The normalized spacial score (nSPS) is 19.9. The van der Waals surface area contributed by atoms with Gasteiger partial charge in [0.15, 0.2) is 16.4 Å². The van der Waals surface area contributed by atoms with Gasteiger partial charge in [0.1, 0.15) is 23.2 Å². The first-order valence-corrected chi connectivity index (χ1v) is 13.5. The van der Waals surface area contributed by atoms with Gasteiger partial charge < -0.3 is 10.3 Å². The summed E-state index contributed by atoms with van der Waals surface area (Å²) in [7, 11) is -3.89. The lowest BCUT2D eigenvalue weighted by Crippen LogP contribution is -2.17. The Kier molecular flexibility index (Phi) is 5.42. The Labute approximate surface area is 213 Å². The molecule has 0 unspecified atom stereocenters. The third-order valence-electron chi connectivity index (χ3n) is 7.14. The summed E-state index contributed by atoms with van der Waals surface area (Å²) in [6.45, 7) is 3.94. The molecule has 4 heterocycles. The number of aryl methyl sites for hydroxylation is 1. The molecule has 3 atom stereocenters. The van der Waals surface area contributed by atoms with Crippen molar-refractivity contribution in [2.75, 3.05) is 5.32 Å². The van der Waals surface area contributed by atoms with E-state index < -0.39 is 9.84 Å². The van der Waals surface area contributed by atoms with Crippen LogP contribution in [0.25, 0.3) is 16.7 Å². The molecule has 1 saturated carbocycles. The number of nitriles is 1. The molecule has 1 fully saturated rings. The van der Waals surface area contributed by atoms with Crippen LogP contribution in [0.1, 0.15) is 42.8 Å². The van der Waals surface area contributed by atoms with Crippen molar-refractivity contribution < 1.29 is 8.42 Å². The molecule has 0 bridgehead atoms. The monoisotopic (exact) mass is 512 g/mol. The van der Waals surface area contributed by atoms with Crippen molar-refractivity contribution in [3.05, 3.63) is 72.2 Å². The standard InChI is InChI=1S/C26H24N8O2S/c1-15-5-3-4-6-22(15)37(35,36)26-21-13-31-24-20(7-8-28-24)34(21)25(33-26)19-10-17(9-16(19)2)32-23-14-29-18(11-27)12-30-23/h3-8,12-14,16-17,19,28H,9-10H2,1-2H3,(H,30,32)/t16-,17+,19+/m1/s1. The fourth-order valence-corrected chi connectivity index (χ4v) is 6.95. The number of benzene rings is 1. The molecule has 10 nitrogen and oxygen atoms in total. The number of imidazole rings is 1. The van der Waals surface area contributed by atoms with Crippen LogP contribution >= 0.6 is 0 Å². The summed E-state index contributed by atoms with van der Waals surface area (Å²) in [5.41, 5.74) is 2.85. The second-order valence-electron chi connectivity index (χ2n) is 9.53. The number of hydrogen-bond acceptors (Lipinski definition) is 8. The molecule has 6 rings (SSSR count). The van der Waals surface area contributed by atoms with E-state index in [0.29, 0.717) is 28.4 Å². The molecule has 37 heavy (non-hydrogen) atoms. The Morgan fingerprint density at radius 2 is 1.92 bits per heavy atom. The Morgan fingerprint density at radius 3 is 2.68 bits per heavy atom. The lowest BCUT2D eigenvalue weighted by molar-refractivity contribution is 0.507. The Hall–Kier alpha value is -4.30. The van der Waals surface area contributed by atoms with E-state index in [1.54, 1.807) is 43.7 Å². The summed E-state index contributed by atoms with van der Waals surface area (Å²) in [5, 5.41) is 12.4. The fraction of sp³-hybridized carbons (Fsp3) is 0.269. The minimum atomic E-state index is -3.89. The molecule has 2 N–H and O–H groups in total. The van der Waals surface area contributed by atoms with Gasteiger partial charge in [-0.15, -0.1) is 0 Å². The Bertz CT molecular complexity index is 1780. The molecule has 0 radical (unpaired) electrons. The van der Waals surface area contributed by atoms with Crippen molar-refractivity contribution in [2.45, 2.75) is 48.6 Å². The molecule has 1 aliphatic rings. The average Bonchev–Trinajstić information content (AvgIpc) is 3.61. The molecule has 186 valence electrons. The van der Waals surface area contributed by atoms with Crippen LogP contribution in [0.3, 0.4) is 0 Å². The van der Waals surface area contributed by atoms with Crippen LogP contribution in [0.5, 0.6) is 0 Å². The van der Waals surface area contributed by atoms with Crippen LogP contribution in [-0.2, 0) is 9.84 Å². The van der Waals surface area contributed by atoms with Gasteiger partial charge in [-0.25, -0.2) is 28.4 Å². The number of hydrogen-bond donors (Lipinski definition) is 2. The van der Waals surface area contributed by atoms with Crippen molar-refractivity contribution in [2.24, 2.45) is 5.92 Å². The van der Waals surface area contributed by atoms with Gasteiger partial charge in [-0.05, 0) is 43.4 Å². The van der Waals surface area contributed by atoms with E-state index in [0.717, 1.165) is 18.4 Å². The van der Waals surface area contributed by atoms with Crippen LogP contribution in [-0.4, -0.2) is 43.8 Å². The fourth-order valence-electron chi connectivity index (χ4n) is 5.36. The summed E-state index contributed by atoms with van der Waals surface area (Å²) < 4.78 is 29.6. The zero-order valence-corrected chi connectivity index (χ0v) is 21.1. The molecular formula is C26H24N8O2S. The van der Waals surface area contributed by atoms with E-state index in [4.69, 9.17) is 10.2 Å². The first-order valence-electron chi connectivity index (χ1n) is 12.0. The molecule has 0 amide bonds. The van der Waals surface area contributed by atoms with Gasteiger partial charge in [0.25, 0.3) is 0 Å². The summed E-state index contributed by atoms with van der Waals surface area (Å²) in [5.74, 6) is 1.53. The molecular weight excluding hydrogens is 488 g/mol. The Balaban J connectivity index is 1.44. The van der Waals surface area contributed by atoms with Crippen molar-refractivity contribution in [3.8, 4) is 6.07 Å². The van der Waals surface area contributed by atoms with Crippen LogP contribution in [0.2, 0.25) is 0 Å². The molecule has 1 aliphatic carbocycles. The Morgan fingerprint density at radius 1 is 1.08 bits per heavy atom. The van der Waals surface area contributed by atoms with E-state index in [9.17, 15) is 8.42 Å². The molecule has 0 aliphatic heterocycles. The predicted octanol–water partition coefficient (Wildman–Crippen LogP) is 4.01. The topological polar surface area (TPSA) is 142 Å². The number of sulfone groups is 1. The van der Waals surface area contributed by atoms with Crippen molar-refractivity contribution >= 4 is 32.3 Å². The molecule has 5 aromatic rings. The predicted molar refractivity (Wildman–Crippen MR) is 137 cm³/mol. The number of fused-ring (bicyclic) bond motifs is 3. The molecule has 11 heteroatoms. The van der Waals surface area contributed by atoms with Gasteiger partial charge >= 0.3 is 0 Å². The molecule has 1 aromatic carbocycles. The highest BCUT2D eigenvalue weighted by Crippen LogP contribution is 2.42. The highest BCUT2D eigenvalue weighted by Gasteiger charge is 2.38. The maximum absolute atomic E-state index is 13.8. The zero-order valence-electron chi connectivity index (χ0n) is 20.3. The van der Waals surface area contributed by atoms with Gasteiger partial charge in [0.05, 0.1) is 29.0 Å². The van der Waals surface area contributed by atoms with E-state index in [2.05, 4.69) is 32.2 Å². The van der Waals surface area contributed by atoms with Crippen molar-refractivity contribution in [3.63, 3.8) is 0 Å². The van der Waals surface area contributed by atoms with Crippen molar-refractivity contribution in [1.82, 2.24) is 29.3 Å². The number of nitrogens with one attached hydrogen (secondary N) is 2. The number of aromatic nitrogens is 6. The SMILES string of the molecule is Cc1ccccc1S(=O)(=O)c1nc([C@H]2C[C@@H](Nc3cnc(C#N)cn3)C[C@H]2C)n2c1cnc1[nH]ccc12. The molecule has 0 spiro atoms. The largest absolute Gasteiger partial charge is 0.366 e. The van der Waals surface area contributed by atoms with Crippen LogP contribution in [0.15, 0.2) is 65.0 Å². The number of H-pyrrole nitrogens is 1. The average molecular weight is 513 g/mol. The second kappa shape index (κ2) is 8.67. The van der Waals surface area contributed by atoms with E-state index in [1.807, 2.05) is 22.6 Å². The summed E-state index contributed by atoms with van der Waals surface area (Å²) in [6.07, 6.45) is 7.97. The zero-order chi connectivity index (χ0) is 25.7. The first kappa shape index (κ1) is 23.1. The summed E-state index contributed by atoms with van der Waals surface area (Å²) in [6, 6.07) is 10.9. The summed E-state index contributed by atoms with van der Waals surface area (Å²) >= 11 is 0. The third-order valence-corrected chi connectivity index (χ3v) is 8.98. The molecule has 4 aromatic heterocycles. The minimum Gasteiger partial charge on any atom is -0.366 e. The lowest BCUT2D eigenvalue weighted by Gasteiger charge is -2.14. The van der Waals surface area contributed by atoms with Crippen molar-refractivity contribution in [1.29, 1.82) is 5.26 Å². The minimum absolute atomic E-state index is 0.00217. The van der Waals surface area contributed by atoms with E-state index >= 15 is 0 Å². The third kappa shape index (κ3) is 3.81. The smallest absolute Gasteiger partial charge is 0.226 e. The molecule has 0 saturated heterocycles. The van der Waals surface area contributed by atoms with Gasteiger partial charge in [0, 0.05) is 18.2 Å². The lowest BCUT2D eigenvalue weighted by atomic mass is 9.97. The van der Waals surface area contributed by atoms with E-state index in [1.165, 1.54) is 6.20 Å². The van der Waals surface area contributed by atoms with E-state index in [-0.39, 0.29) is 33.5 Å². The quantitative estimate of drug-likeness (QED) is 0.360. The van der Waals surface area contributed by atoms with Gasteiger partial charge in [-0.2, -0.15) is 5.26 Å². The van der Waals surface area contributed by atoms with Crippen LogP contribution in [0, 0.1) is 24.2 Å². The number of rotatable bonds is 5. The van der Waals surface area contributed by atoms with Crippen LogP contribution < -0.4 is 5.32 Å². The van der Waals surface area contributed by atoms with Gasteiger partial charge in [-0.1, -0.05) is 25.1 Å². The maximum atomic E-state index is 13.8. The number of aromatic amines is 1. The maximum Gasteiger partial charge on any atom is 0.226 e. The summed E-state index contributed by atoms with van der Waals surface area (Å²) in [4.78, 5) is 21.1. The highest BCUT2D eigenvalue weighted by atomic mass is 32.2. The first-order chi connectivity index (χ1) is 17.9. The second-order valence-corrected chi connectivity index (χ2v) is 11.4. The van der Waals surface area contributed by atoms with Gasteiger partial charge in [0.2, 0.25) is 9.84 Å². The van der Waals surface area contributed by atoms with Gasteiger partial charge in [-0.3, -0.25) is 4.40 Å².